The van der Waals surface area contributed by atoms with Gasteiger partial charge in [-0.2, -0.15) is 0 Å². The molecule has 4 rings (SSSR count). The predicted octanol–water partition coefficient (Wildman–Crippen LogP) is 5.30. The molecule has 0 fully saturated rings. The average molecular weight is 483 g/mol. The highest BCUT2D eigenvalue weighted by Gasteiger charge is 2.33. The van der Waals surface area contributed by atoms with E-state index in [0.717, 1.165) is 5.56 Å². The summed E-state index contributed by atoms with van der Waals surface area (Å²) in [6.07, 6.45) is 3.77. The van der Waals surface area contributed by atoms with Crippen LogP contribution in [0.2, 0.25) is 10.0 Å². The third-order valence-corrected chi connectivity index (χ3v) is 6.51. The van der Waals surface area contributed by atoms with Crippen molar-refractivity contribution in [3.63, 3.8) is 0 Å². The molecule has 1 aliphatic rings. The van der Waals surface area contributed by atoms with Crippen molar-refractivity contribution >= 4 is 52.1 Å². The lowest BCUT2D eigenvalue weighted by molar-refractivity contribution is 0.104. The summed E-state index contributed by atoms with van der Waals surface area (Å²) in [4.78, 5) is 17.3. The van der Waals surface area contributed by atoms with E-state index in [-0.39, 0.29) is 10.7 Å². The van der Waals surface area contributed by atoms with Crippen molar-refractivity contribution in [2.45, 2.75) is 6.42 Å². The fraction of sp³-hybridized carbons (Fsp3) is 0.0833. The van der Waals surface area contributed by atoms with Gasteiger partial charge in [-0.05, 0) is 41.5 Å². The molecular weight excluding hydrogens is 467 g/mol. The van der Waals surface area contributed by atoms with Crippen LogP contribution in [-0.2, 0) is 17.8 Å². The SMILES string of the molecule is COc1ccc(CC#Cc2ccc3c(c2)C(=O)/C(=C\c2ccc(Cl)c(Cl)c2)[S+]([O-])N3)cn1. The highest BCUT2D eigenvalue weighted by atomic mass is 35.5. The van der Waals surface area contributed by atoms with Crippen LogP contribution >= 0.6 is 23.2 Å². The van der Waals surface area contributed by atoms with E-state index in [0.29, 0.717) is 44.7 Å². The van der Waals surface area contributed by atoms with E-state index in [2.05, 4.69) is 21.5 Å². The Balaban J connectivity index is 1.57. The number of halogens is 2. The number of nitrogens with one attached hydrogen (secondary N) is 1. The molecule has 0 bridgehead atoms. The van der Waals surface area contributed by atoms with Gasteiger partial charge in [0.15, 0.2) is 0 Å². The number of benzene rings is 2. The molecule has 0 radical (unpaired) electrons. The number of allylic oxidation sites excluding steroid dienone is 1. The minimum Gasteiger partial charge on any atom is -0.588 e. The number of anilines is 1. The van der Waals surface area contributed by atoms with Gasteiger partial charge in [0, 0.05) is 30.3 Å². The number of carbonyl (C=O) groups excluding carboxylic acids is 1. The third-order valence-electron chi connectivity index (χ3n) is 4.66. The second kappa shape index (κ2) is 9.68. The summed E-state index contributed by atoms with van der Waals surface area (Å²) in [5.41, 5.74) is 3.18. The summed E-state index contributed by atoms with van der Waals surface area (Å²) < 4.78 is 20.5. The van der Waals surface area contributed by atoms with Crippen molar-refractivity contribution in [1.82, 2.24) is 4.98 Å². The molecule has 1 aliphatic heterocycles. The molecule has 8 heteroatoms. The van der Waals surface area contributed by atoms with E-state index in [4.69, 9.17) is 27.9 Å². The van der Waals surface area contributed by atoms with Crippen LogP contribution in [0.1, 0.15) is 27.0 Å². The quantitative estimate of drug-likeness (QED) is 0.311. The van der Waals surface area contributed by atoms with Gasteiger partial charge in [-0.3, -0.25) is 4.79 Å². The second-order valence-electron chi connectivity index (χ2n) is 6.83. The number of fused-ring (bicyclic) bond motifs is 1. The number of hydrogen-bond donors (Lipinski definition) is 1. The third kappa shape index (κ3) is 4.93. The standard InChI is InChI=1S/C24H16Cl2N2O3S/c1-31-23-10-7-16(14-27-23)4-2-3-15-6-9-21-18(11-15)24(29)22(32(30)28-21)13-17-5-8-19(25)20(26)12-17/h5-14,28H,4H2,1H3/b22-13+. The zero-order chi connectivity index (χ0) is 22.7. The summed E-state index contributed by atoms with van der Waals surface area (Å²) in [7, 11) is 1.56. The number of ketones is 1. The van der Waals surface area contributed by atoms with Gasteiger partial charge < -0.3 is 9.29 Å². The van der Waals surface area contributed by atoms with Crippen LogP contribution in [0.3, 0.4) is 0 Å². The molecule has 2 aromatic carbocycles. The molecule has 3 aromatic rings. The van der Waals surface area contributed by atoms with Gasteiger partial charge in [-0.1, -0.05) is 47.2 Å². The van der Waals surface area contributed by atoms with E-state index in [1.165, 1.54) is 0 Å². The van der Waals surface area contributed by atoms with E-state index < -0.39 is 11.4 Å². The number of carbonyl (C=O) groups is 1. The molecule has 1 aromatic heterocycles. The molecule has 0 amide bonds. The van der Waals surface area contributed by atoms with Crippen molar-refractivity contribution in [2.24, 2.45) is 0 Å². The zero-order valence-corrected chi connectivity index (χ0v) is 19.1. The Morgan fingerprint density at radius 2 is 2.00 bits per heavy atom. The van der Waals surface area contributed by atoms with Gasteiger partial charge in [-0.15, -0.1) is 0 Å². The summed E-state index contributed by atoms with van der Waals surface area (Å²) in [6.45, 7) is 0. The fourth-order valence-electron chi connectivity index (χ4n) is 3.03. The van der Waals surface area contributed by atoms with Gasteiger partial charge in [-0.25, -0.2) is 9.71 Å². The van der Waals surface area contributed by atoms with Crippen LogP contribution in [0.15, 0.2) is 59.6 Å². The van der Waals surface area contributed by atoms with Crippen LogP contribution in [0.4, 0.5) is 5.69 Å². The van der Waals surface area contributed by atoms with Crippen molar-refractivity contribution in [1.29, 1.82) is 0 Å². The lowest BCUT2D eigenvalue weighted by Crippen LogP contribution is -2.27. The minimum absolute atomic E-state index is 0.130. The Morgan fingerprint density at radius 1 is 1.16 bits per heavy atom. The average Bonchev–Trinajstić information content (AvgIpc) is 2.80. The van der Waals surface area contributed by atoms with Gasteiger partial charge in [0.2, 0.25) is 16.6 Å². The van der Waals surface area contributed by atoms with Gasteiger partial charge in [0.05, 0.1) is 28.4 Å². The van der Waals surface area contributed by atoms with Crippen LogP contribution in [0, 0.1) is 11.8 Å². The highest BCUT2D eigenvalue weighted by Crippen LogP contribution is 2.32. The first kappa shape index (κ1) is 22.3. The molecule has 1 N–H and O–H groups in total. The van der Waals surface area contributed by atoms with Crippen molar-refractivity contribution < 1.29 is 14.1 Å². The Morgan fingerprint density at radius 3 is 2.72 bits per heavy atom. The zero-order valence-electron chi connectivity index (χ0n) is 16.8. The summed E-state index contributed by atoms with van der Waals surface area (Å²) in [5.74, 6) is 6.37. The molecule has 32 heavy (non-hydrogen) atoms. The first-order valence-electron chi connectivity index (χ1n) is 9.46. The van der Waals surface area contributed by atoms with Crippen molar-refractivity contribution in [2.75, 3.05) is 11.8 Å². The number of hydrogen-bond acceptors (Lipinski definition) is 5. The largest absolute Gasteiger partial charge is 0.588 e. The predicted molar refractivity (Wildman–Crippen MR) is 128 cm³/mol. The molecule has 0 saturated carbocycles. The molecule has 0 saturated heterocycles. The molecule has 5 nitrogen and oxygen atoms in total. The second-order valence-corrected chi connectivity index (χ2v) is 8.83. The van der Waals surface area contributed by atoms with Gasteiger partial charge >= 0.3 is 0 Å². The van der Waals surface area contributed by atoms with Crippen LogP contribution in [-0.4, -0.2) is 22.4 Å². The Kier molecular flexibility index (Phi) is 6.73. The van der Waals surface area contributed by atoms with E-state index in [1.807, 2.05) is 6.07 Å². The topological polar surface area (TPSA) is 74.3 Å². The summed E-state index contributed by atoms with van der Waals surface area (Å²) in [5, 5.41) is 0.759. The van der Waals surface area contributed by atoms with Crippen LogP contribution < -0.4 is 9.46 Å². The molecule has 1 atom stereocenters. The molecule has 0 aliphatic carbocycles. The van der Waals surface area contributed by atoms with E-state index >= 15 is 0 Å². The summed E-state index contributed by atoms with van der Waals surface area (Å²) in [6, 6.07) is 13.8. The lowest BCUT2D eigenvalue weighted by atomic mass is 10.0. The van der Waals surface area contributed by atoms with E-state index in [1.54, 1.807) is 61.8 Å². The maximum atomic E-state index is 13.1. The Labute approximate surface area is 198 Å². The maximum absolute atomic E-state index is 13.1. The lowest BCUT2D eigenvalue weighted by Gasteiger charge is -2.21. The molecular formula is C24H16Cl2N2O3S. The molecule has 1 unspecified atom stereocenters. The summed E-state index contributed by atoms with van der Waals surface area (Å²) >= 11 is 10.3. The molecule has 0 spiro atoms. The number of ether oxygens (including phenoxy) is 1. The van der Waals surface area contributed by atoms with E-state index in [9.17, 15) is 9.35 Å². The van der Waals surface area contributed by atoms with Gasteiger partial charge in [0.1, 0.15) is 11.4 Å². The molecule has 2 heterocycles. The van der Waals surface area contributed by atoms with Gasteiger partial charge in [0.25, 0.3) is 0 Å². The highest BCUT2D eigenvalue weighted by molar-refractivity contribution is 7.97. The normalized spacial score (nSPS) is 16.1. The smallest absolute Gasteiger partial charge is 0.245 e. The number of nitrogens with zero attached hydrogens (tertiary/aromatic N) is 1. The Hall–Kier alpha value is -2.95. The monoisotopic (exact) mass is 482 g/mol. The first-order chi connectivity index (χ1) is 15.4. The number of Topliss-reactive ketones (excluding diaryl/α,β-unsaturated/α-hetero) is 1. The number of methoxy groups -OCH3 is 1. The molecule has 160 valence electrons. The fourth-order valence-corrected chi connectivity index (χ4v) is 4.34. The first-order valence-corrected chi connectivity index (χ1v) is 11.4. The minimum atomic E-state index is -1.69. The van der Waals surface area contributed by atoms with Crippen LogP contribution in [0.25, 0.3) is 6.08 Å². The maximum Gasteiger partial charge on any atom is 0.245 e. The van der Waals surface area contributed by atoms with Crippen LogP contribution in [0.5, 0.6) is 5.88 Å². The van der Waals surface area contributed by atoms with Crippen molar-refractivity contribution in [3.8, 4) is 17.7 Å². The van der Waals surface area contributed by atoms with Crippen molar-refractivity contribution in [3.05, 3.63) is 91.9 Å². The number of aromatic nitrogens is 1. The number of pyridine rings is 1. The Bertz CT molecular complexity index is 1280. The number of rotatable bonds is 3.